The molecule has 3 N–H and O–H groups in total. The molecular weight excluding hydrogens is 308 g/mol. The second-order valence-corrected chi connectivity index (χ2v) is 6.17. The molecule has 1 aliphatic heterocycles. The van der Waals surface area contributed by atoms with Crippen molar-refractivity contribution < 1.29 is 14.4 Å². The molecule has 1 aliphatic rings. The molecule has 0 unspecified atom stereocenters. The number of rotatable bonds is 4. The molecule has 3 amide bonds. The van der Waals surface area contributed by atoms with Crippen molar-refractivity contribution in [2.75, 3.05) is 37.3 Å². The highest BCUT2D eigenvalue weighted by Crippen LogP contribution is 2.16. The molecule has 1 fully saturated rings. The van der Waals surface area contributed by atoms with Crippen LogP contribution in [0.1, 0.15) is 19.8 Å². The predicted molar refractivity (Wildman–Crippen MR) is 92.6 cm³/mol. The van der Waals surface area contributed by atoms with E-state index in [1.807, 2.05) is 0 Å². The van der Waals surface area contributed by atoms with E-state index in [1.54, 1.807) is 24.3 Å². The Kier molecular flexibility index (Phi) is 6.31. The van der Waals surface area contributed by atoms with Crippen LogP contribution in [0.2, 0.25) is 0 Å². The van der Waals surface area contributed by atoms with Crippen LogP contribution in [0.25, 0.3) is 0 Å². The molecule has 0 radical (unpaired) electrons. The SMILES string of the molecule is CC(=O)Nc1cccc(NC(=O)C(=O)NCC2CCN(C)CC2)c1. The molecule has 2 rings (SSSR count). The van der Waals surface area contributed by atoms with E-state index in [-0.39, 0.29) is 5.91 Å². The minimum Gasteiger partial charge on any atom is -0.348 e. The van der Waals surface area contributed by atoms with Crippen molar-refractivity contribution in [1.29, 1.82) is 0 Å². The van der Waals surface area contributed by atoms with Crippen LogP contribution >= 0.6 is 0 Å². The number of carbonyl (C=O) groups excluding carboxylic acids is 3. The number of piperidine rings is 1. The van der Waals surface area contributed by atoms with Crippen LogP contribution in [0.15, 0.2) is 24.3 Å². The van der Waals surface area contributed by atoms with Gasteiger partial charge in [0.15, 0.2) is 0 Å². The summed E-state index contributed by atoms with van der Waals surface area (Å²) in [5.41, 5.74) is 1.02. The minimum absolute atomic E-state index is 0.200. The first-order chi connectivity index (χ1) is 11.4. The van der Waals surface area contributed by atoms with Crippen molar-refractivity contribution in [3.8, 4) is 0 Å². The van der Waals surface area contributed by atoms with Gasteiger partial charge in [-0.3, -0.25) is 14.4 Å². The Morgan fingerprint density at radius 1 is 1.08 bits per heavy atom. The molecule has 0 bridgehead atoms. The van der Waals surface area contributed by atoms with E-state index in [2.05, 4.69) is 27.9 Å². The van der Waals surface area contributed by atoms with Crippen molar-refractivity contribution >= 4 is 29.1 Å². The van der Waals surface area contributed by atoms with Crippen LogP contribution in [0, 0.1) is 5.92 Å². The molecule has 0 atom stereocenters. The number of anilines is 2. The molecule has 1 saturated heterocycles. The van der Waals surface area contributed by atoms with Gasteiger partial charge < -0.3 is 20.9 Å². The van der Waals surface area contributed by atoms with Gasteiger partial charge in [0.2, 0.25) is 5.91 Å². The van der Waals surface area contributed by atoms with E-state index < -0.39 is 11.8 Å². The van der Waals surface area contributed by atoms with E-state index in [1.165, 1.54) is 6.92 Å². The van der Waals surface area contributed by atoms with Gasteiger partial charge in [-0.05, 0) is 57.1 Å². The van der Waals surface area contributed by atoms with Crippen molar-refractivity contribution in [3.05, 3.63) is 24.3 Å². The third-order valence-corrected chi connectivity index (χ3v) is 4.04. The maximum Gasteiger partial charge on any atom is 0.313 e. The van der Waals surface area contributed by atoms with E-state index in [9.17, 15) is 14.4 Å². The minimum atomic E-state index is -0.706. The second-order valence-electron chi connectivity index (χ2n) is 6.17. The summed E-state index contributed by atoms with van der Waals surface area (Å²) in [5, 5.41) is 7.86. The largest absolute Gasteiger partial charge is 0.348 e. The van der Waals surface area contributed by atoms with Gasteiger partial charge in [-0.1, -0.05) is 6.07 Å². The molecule has 0 spiro atoms. The number of benzene rings is 1. The van der Waals surface area contributed by atoms with Gasteiger partial charge >= 0.3 is 11.8 Å². The number of nitrogens with zero attached hydrogens (tertiary/aromatic N) is 1. The summed E-state index contributed by atoms with van der Waals surface area (Å²) in [7, 11) is 2.08. The maximum atomic E-state index is 12.0. The number of hydrogen-bond acceptors (Lipinski definition) is 4. The maximum absolute atomic E-state index is 12.0. The lowest BCUT2D eigenvalue weighted by atomic mass is 9.97. The van der Waals surface area contributed by atoms with Gasteiger partial charge in [-0.2, -0.15) is 0 Å². The summed E-state index contributed by atoms with van der Waals surface area (Å²) in [6.07, 6.45) is 2.05. The van der Waals surface area contributed by atoms with Crippen LogP contribution in [0.5, 0.6) is 0 Å². The topological polar surface area (TPSA) is 90.5 Å². The van der Waals surface area contributed by atoms with Crippen LogP contribution < -0.4 is 16.0 Å². The Balaban J connectivity index is 1.81. The van der Waals surface area contributed by atoms with Crippen molar-refractivity contribution in [2.24, 2.45) is 5.92 Å². The normalized spacial score (nSPS) is 15.6. The van der Waals surface area contributed by atoms with Crippen molar-refractivity contribution in [2.45, 2.75) is 19.8 Å². The van der Waals surface area contributed by atoms with Crippen LogP contribution in [0.4, 0.5) is 11.4 Å². The molecule has 24 heavy (non-hydrogen) atoms. The fourth-order valence-electron chi connectivity index (χ4n) is 2.65. The van der Waals surface area contributed by atoms with Gasteiger partial charge in [-0.15, -0.1) is 0 Å². The lowest BCUT2D eigenvalue weighted by Crippen LogP contribution is -2.41. The molecule has 0 saturated carbocycles. The third-order valence-electron chi connectivity index (χ3n) is 4.04. The van der Waals surface area contributed by atoms with Crippen LogP contribution in [-0.2, 0) is 14.4 Å². The average Bonchev–Trinajstić information content (AvgIpc) is 2.53. The molecule has 7 nitrogen and oxygen atoms in total. The lowest BCUT2D eigenvalue weighted by Gasteiger charge is -2.28. The summed E-state index contributed by atoms with van der Waals surface area (Å²) >= 11 is 0. The highest BCUT2D eigenvalue weighted by molar-refractivity contribution is 6.39. The Morgan fingerprint density at radius 2 is 1.71 bits per heavy atom. The zero-order chi connectivity index (χ0) is 17.5. The zero-order valence-electron chi connectivity index (χ0n) is 14.1. The van der Waals surface area contributed by atoms with E-state index in [0.717, 1.165) is 25.9 Å². The fourth-order valence-corrected chi connectivity index (χ4v) is 2.65. The van der Waals surface area contributed by atoms with Gasteiger partial charge in [0.1, 0.15) is 0 Å². The molecular formula is C17H24N4O3. The van der Waals surface area contributed by atoms with Gasteiger partial charge in [0.25, 0.3) is 0 Å². The van der Waals surface area contributed by atoms with Crippen LogP contribution in [0.3, 0.4) is 0 Å². The predicted octanol–water partition coefficient (Wildman–Crippen LogP) is 1.04. The summed E-state index contributed by atoms with van der Waals surface area (Å²) in [5.74, 6) is -1.13. The second kappa shape index (κ2) is 8.44. The number of nitrogens with one attached hydrogen (secondary N) is 3. The quantitative estimate of drug-likeness (QED) is 0.719. The Labute approximate surface area is 141 Å². The summed E-state index contributed by atoms with van der Waals surface area (Å²) in [6.45, 7) is 3.96. The van der Waals surface area contributed by atoms with Gasteiger partial charge in [0, 0.05) is 24.8 Å². The van der Waals surface area contributed by atoms with Gasteiger partial charge in [-0.25, -0.2) is 0 Å². The zero-order valence-corrected chi connectivity index (χ0v) is 14.1. The molecule has 0 aromatic heterocycles. The highest BCUT2D eigenvalue weighted by atomic mass is 16.2. The monoisotopic (exact) mass is 332 g/mol. The highest BCUT2D eigenvalue weighted by Gasteiger charge is 2.19. The molecule has 1 heterocycles. The lowest BCUT2D eigenvalue weighted by molar-refractivity contribution is -0.136. The molecule has 1 aromatic rings. The Hall–Kier alpha value is -2.41. The van der Waals surface area contributed by atoms with Crippen LogP contribution in [-0.4, -0.2) is 49.3 Å². The number of likely N-dealkylation sites (tertiary alicyclic amines) is 1. The smallest absolute Gasteiger partial charge is 0.313 e. The number of hydrogen-bond donors (Lipinski definition) is 3. The molecule has 1 aromatic carbocycles. The van der Waals surface area contributed by atoms with E-state index in [4.69, 9.17) is 0 Å². The first-order valence-corrected chi connectivity index (χ1v) is 8.09. The van der Waals surface area contributed by atoms with Gasteiger partial charge in [0.05, 0.1) is 0 Å². The third kappa shape index (κ3) is 5.66. The first kappa shape index (κ1) is 17.9. The average molecular weight is 332 g/mol. The Bertz CT molecular complexity index is 610. The van der Waals surface area contributed by atoms with E-state index in [0.29, 0.717) is 23.8 Å². The summed E-state index contributed by atoms with van der Waals surface area (Å²) in [4.78, 5) is 37.2. The molecule has 130 valence electrons. The number of carbonyl (C=O) groups is 3. The molecule has 0 aliphatic carbocycles. The standard InChI is InChI=1S/C17H24N4O3/c1-12(22)19-14-4-3-5-15(10-14)20-17(24)16(23)18-11-13-6-8-21(2)9-7-13/h3-5,10,13H,6-9,11H2,1-2H3,(H,18,23)(H,19,22)(H,20,24). The summed E-state index contributed by atoms with van der Waals surface area (Å²) < 4.78 is 0. The number of amides is 3. The van der Waals surface area contributed by atoms with E-state index >= 15 is 0 Å². The fraction of sp³-hybridized carbons (Fsp3) is 0.471. The first-order valence-electron chi connectivity index (χ1n) is 8.09. The Morgan fingerprint density at radius 3 is 2.33 bits per heavy atom. The molecule has 7 heteroatoms. The van der Waals surface area contributed by atoms with Crippen molar-refractivity contribution in [1.82, 2.24) is 10.2 Å². The summed E-state index contributed by atoms with van der Waals surface area (Å²) in [6, 6.07) is 6.66. The van der Waals surface area contributed by atoms with Crippen molar-refractivity contribution in [3.63, 3.8) is 0 Å².